The SMILES string of the molecule is CS/C(=N\c1ccccc1F)N(C)C1CCN(CCCCOc2ccc(F)c(F)c2)CC1.O=C(O)/C=C/C(=O)O. The Morgan fingerprint density at radius 1 is 1.02 bits per heavy atom. The molecule has 1 heterocycles. The lowest BCUT2D eigenvalue weighted by Crippen LogP contribution is -2.45. The number of carboxylic acid groups (broad SMARTS) is 2. The first-order valence-electron chi connectivity index (χ1n) is 12.6. The molecule has 2 aromatic rings. The van der Waals surface area contributed by atoms with Crippen LogP contribution in [0.1, 0.15) is 25.7 Å². The van der Waals surface area contributed by atoms with Gasteiger partial charge in [0.2, 0.25) is 0 Å². The minimum atomic E-state index is -1.26. The summed E-state index contributed by atoms with van der Waals surface area (Å²) >= 11 is 1.53. The molecule has 0 amide bonds. The van der Waals surface area contributed by atoms with E-state index < -0.39 is 23.6 Å². The van der Waals surface area contributed by atoms with Crippen LogP contribution in [-0.2, 0) is 9.59 Å². The van der Waals surface area contributed by atoms with Crippen LogP contribution in [0, 0.1) is 17.5 Å². The molecule has 0 saturated carbocycles. The Balaban J connectivity index is 0.000000611. The standard InChI is InChI=1S/C24H30F3N3OS.C4H4O4/c1-29(24(32-2)28-23-8-4-3-7-21(23)26)18-11-14-30(15-12-18)13-5-6-16-31-19-9-10-20(25)22(27)17-19;5-3(6)1-2-4(7)8/h3-4,7-10,17-18H,5-6,11-16H2,1-2H3;1-2H,(H,5,6)(H,7,8)/b28-24-;2-1+. The van der Waals surface area contributed by atoms with Gasteiger partial charge in [-0.25, -0.2) is 27.8 Å². The molecule has 12 heteroatoms. The number of likely N-dealkylation sites (tertiary alicyclic amines) is 1. The second kappa shape index (κ2) is 17.2. The fraction of sp³-hybridized carbons (Fsp3) is 0.393. The van der Waals surface area contributed by atoms with E-state index in [9.17, 15) is 22.8 Å². The van der Waals surface area contributed by atoms with E-state index in [4.69, 9.17) is 14.9 Å². The summed E-state index contributed by atoms with van der Waals surface area (Å²) in [5.74, 6) is -4.22. The van der Waals surface area contributed by atoms with Crippen molar-refractivity contribution in [3.8, 4) is 5.75 Å². The summed E-state index contributed by atoms with van der Waals surface area (Å²) < 4.78 is 45.6. The van der Waals surface area contributed by atoms with E-state index in [0.717, 1.165) is 62.6 Å². The Bertz CT molecular complexity index is 1160. The third-order valence-electron chi connectivity index (χ3n) is 6.05. The normalized spacial score (nSPS) is 14.5. The van der Waals surface area contributed by atoms with Gasteiger partial charge in [-0.05, 0) is 62.7 Å². The average molecular weight is 582 g/mol. The molecule has 2 N–H and O–H groups in total. The summed E-state index contributed by atoms with van der Waals surface area (Å²) in [6.07, 6.45) is 6.97. The molecule has 0 aliphatic carbocycles. The summed E-state index contributed by atoms with van der Waals surface area (Å²) in [4.78, 5) is 28.3. The number of hydrogen-bond donors (Lipinski definition) is 2. The van der Waals surface area contributed by atoms with E-state index in [2.05, 4.69) is 14.8 Å². The monoisotopic (exact) mass is 581 g/mol. The number of unbranched alkanes of at least 4 members (excludes halogenated alkanes) is 1. The van der Waals surface area contributed by atoms with E-state index in [1.54, 1.807) is 18.2 Å². The third-order valence-corrected chi connectivity index (χ3v) is 6.80. The number of amidine groups is 1. The molecule has 0 radical (unpaired) electrons. The fourth-order valence-electron chi connectivity index (χ4n) is 3.94. The molecule has 8 nitrogen and oxygen atoms in total. The zero-order valence-electron chi connectivity index (χ0n) is 22.4. The number of carbonyl (C=O) groups is 2. The molecule has 0 unspecified atom stereocenters. The van der Waals surface area contributed by atoms with Gasteiger partial charge in [-0.3, -0.25) is 0 Å². The number of para-hydroxylation sites is 1. The average Bonchev–Trinajstić information content (AvgIpc) is 2.93. The molecular weight excluding hydrogens is 547 g/mol. The van der Waals surface area contributed by atoms with Crippen molar-refractivity contribution in [2.45, 2.75) is 31.7 Å². The summed E-state index contributed by atoms with van der Waals surface area (Å²) in [7, 11) is 2.03. The molecular formula is C28H34F3N3O5S. The Kier molecular flexibility index (Phi) is 14.1. The highest BCUT2D eigenvalue weighted by molar-refractivity contribution is 8.13. The van der Waals surface area contributed by atoms with Crippen LogP contribution < -0.4 is 4.74 Å². The van der Waals surface area contributed by atoms with Crippen molar-refractivity contribution in [1.82, 2.24) is 9.80 Å². The van der Waals surface area contributed by atoms with Crippen LogP contribution in [0.15, 0.2) is 59.6 Å². The van der Waals surface area contributed by atoms with E-state index in [1.807, 2.05) is 13.3 Å². The maximum Gasteiger partial charge on any atom is 0.328 e. The van der Waals surface area contributed by atoms with E-state index in [-0.39, 0.29) is 5.82 Å². The van der Waals surface area contributed by atoms with Gasteiger partial charge in [0.05, 0.1) is 6.61 Å². The molecule has 2 aromatic carbocycles. The van der Waals surface area contributed by atoms with Gasteiger partial charge in [-0.1, -0.05) is 23.9 Å². The minimum Gasteiger partial charge on any atom is -0.493 e. The Morgan fingerprint density at radius 3 is 2.25 bits per heavy atom. The topological polar surface area (TPSA) is 103 Å². The van der Waals surface area contributed by atoms with Crippen molar-refractivity contribution in [2.75, 3.05) is 39.5 Å². The van der Waals surface area contributed by atoms with E-state index in [0.29, 0.717) is 36.2 Å². The number of rotatable bonds is 10. The number of carboxylic acids is 2. The van der Waals surface area contributed by atoms with Gasteiger partial charge < -0.3 is 24.7 Å². The van der Waals surface area contributed by atoms with E-state index >= 15 is 0 Å². The molecule has 3 rings (SSSR count). The minimum absolute atomic E-state index is 0.309. The second-order valence-electron chi connectivity index (χ2n) is 8.87. The van der Waals surface area contributed by atoms with Crippen molar-refractivity contribution < 1.29 is 37.7 Å². The number of benzene rings is 2. The van der Waals surface area contributed by atoms with Crippen LogP contribution in [0.3, 0.4) is 0 Å². The zero-order valence-corrected chi connectivity index (χ0v) is 23.2. The maximum atomic E-state index is 14.0. The van der Waals surface area contributed by atoms with Crippen LogP contribution in [0.4, 0.5) is 18.9 Å². The van der Waals surface area contributed by atoms with Crippen LogP contribution >= 0.6 is 11.8 Å². The van der Waals surface area contributed by atoms with Crippen molar-refractivity contribution in [1.29, 1.82) is 0 Å². The quantitative estimate of drug-likeness (QED) is 0.166. The lowest BCUT2D eigenvalue weighted by molar-refractivity contribution is -0.134. The van der Waals surface area contributed by atoms with Crippen molar-refractivity contribution in [3.05, 3.63) is 72.1 Å². The molecule has 1 aliphatic rings. The number of aliphatic imine (C=N–C) groups is 1. The van der Waals surface area contributed by atoms with Crippen molar-refractivity contribution >= 4 is 34.6 Å². The maximum absolute atomic E-state index is 14.0. The number of halogens is 3. The number of aliphatic carboxylic acids is 2. The Hall–Kier alpha value is -3.51. The molecule has 218 valence electrons. The van der Waals surface area contributed by atoms with Gasteiger partial charge in [0.15, 0.2) is 16.8 Å². The summed E-state index contributed by atoms with van der Waals surface area (Å²) in [6, 6.07) is 10.6. The predicted octanol–water partition coefficient (Wildman–Crippen LogP) is 5.42. The highest BCUT2D eigenvalue weighted by Gasteiger charge is 2.24. The predicted molar refractivity (Wildman–Crippen MR) is 150 cm³/mol. The molecule has 40 heavy (non-hydrogen) atoms. The smallest absolute Gasteiger partial charge is 0.328 e. The highest BCUT2D eigenvalue weighted by atomic mass is 32.2. The Morgan fingerprint density at radius 2 is 1.68 bits per heavy atom. The third kappa shape index (κ3) is 11.7. The summed E-state index contributed by atoms with van der Waals surface area (Å²) in [5.41, 5.74) is 0.367. The van der Waals surface area contributed by atoms with Crippen LogP contribution in [0.2, 0.25) is 0 Å². The van der Waals surface area contributed by atoms with Crippen molar-refractivity contribution in [3.63, 3.8) is 0 Å². The molecule has 1 saturated heterocycles. The number of thioether (sulfide) groups is 1. The lowest BCUT2D eigenvalue weighted by Gasteiger charge is -2.37. The number of nitrogens with zero attached hydrogens (tertiary/aromatic N) is 3. The highest BCUT2D eigenvalue weighted by Crippen LogP contribution is 2.23. The molecule has 0 atom stereocenters. The van der Waals surface area contributed by atoms with E-state index in [1.165, 1.54) is 23.9 Å². The first kappa shape index (κ1) is 32.7. The molecule has 1 aliphatic heterocycles. The lowest BCUT2D eigenvalue weighted by atomic mass is 10.0. The van der Waals surface area contributed by atoms with Gasteiger partial charge in [-0.15, -0.1) is 0 Å². The number of hydrogen-bond acceptors (Lipinski definition) is 6. The molecule has 0 bridgehead atoms. The van der Waals surface area contributed by atoms with Gasteiger partial charge in [0, 0.05) is 44.4 Å². The van der Waals surface area contributed by atoms with Crippen LogP contribution in [0.5, 0.6) is 5.75 Å². The van der Waals surface area contributed by atoms with Gasteiger partial charge in [-0.2, -0.15) is 0 Å². The van der Waals surface area contributed by atoms with Crippen molar-refractivity contribution in [2.24, 2.45) is 4.99 Å². The second-order valence-corrected chi connectivity index (χ2v) is 9.65. The number of piperidine rings is 1. The Labute approximate surface area is 236 Å². The van der Waals surface area contributed by atoms with Gasteiger partial charge in [0.25, 0.3) is 0 Å². The van der Waals surface area contributed by atoms with Gasteiger partial charge in [0.1, 0.15) is 17.3 Å². The molecule has 0 spiro atoms. The largest absolute Gasteiger partial charge is 0.493 e. The molecule has 0 aromatic heterocycles. The summed E-state index contributed by atoms with van der Waals surface area (Å²) in [6.45, 7) is 3.46. The first-order valence-corrected chi connectivity index (χ1v) is 13.9. The fourth-order valence-corrected chi connectivity index (χ4v) is 4.56. The molecule has 1 fully saturated rings. The van der Waals surface area contributed by atoms with Crippen LogP contribution in [0.25, 0.3) is 0 Å². The summed E-state index contributed by atoms with van der Waals surface area (Å²) in [5, 5.41) is 16.4. The number of ether oxygens (including phenoxy) is 1. The zero-order chi connectivity index (χ0) is 29.5. The van der Waals surface area contributed by atoms with Crippen LogP contribution in [-0.4, -0.2) is 82.7 Å². The first-order chi connectivity index (χ1) is 19.1. The van der Waals surface area contributed by atoms with Gasteiger partial charge >= 0.3 is 11.9 Å².